The maximum Gasteiger partial charge on any atom is 0.173 e. The molecule has 0 aromatic carbocycles. The Hall–Kier alpha value is -0.690. The van der Waals surface area contributed by atoms with Crippen molar-refractivity contribution in [3.8, 4) is 0 Å². The van der Waals surface area contributed by atoms with E-state index >= 15 is 0 Å². The summed E-state index contributed by atoms with van der Waals surface area (Å²) >= 11 is 3.40. The third-order valence-corrected chi connectivity index (χ3v) is 3.84. The number of halogens is 1. The summed E-state index contributed by atoms with van der Waals surface area (Å²) in [6.45, 7) is 2.79. The summed E-state index contributed by atoms with van der Waals surface area (Å²) in [5.74, 6) is -0.403. The van der Waals surface area contributed by atoms with Gasteiger partial charge >= 0.3 is 0 Å². The molecule has 2 aliphatic heterocycles. The van der Waals surface area contributed by atoms with E-state index in [2.05, 4.69) is 26.2 Å². The molecule has 104 valence electrons. The van der Waals surface area contributed by atoms with Crippen molar-refractivity contribution < 1.29 is 14.2 Å². The van der Waals surface area contributed by atoms with Crippen LogP contribution in [0.3, 0.4) is 0 Å². The Morgan fingerprint density at radius 3 is 3.00 bits per heavy atom. The Morgan fingerprint density at radius 2 is 2.21 bits per heavy atom. The summed E-state index contributed by atoms with van der Waals surface area (Å²) in [4.78, 5) is 4.11. The van der Waals surface area contributed by atoms with Gasteiger partial charge in [0.15, 0.2) is 5.79 Å². The SMILES string of the molecule is Brc1cncc(NCC2COC3(CCOCC3)O2)c1. The van der Waals surface area contributed by atoms with E-state index in [0.717, 1.165) is 42.8 Å². The van der Waals surface area contributed by atoms with Crippen molar-refractivity contribution >= 4 is 21.6 Å². The Morgan fingerprint density at radius 1 is 1.37 bits per heavy atom. The van der Waals surface area contributed by atoms with Gasteiger partial charge in [-0.1, -0.05) is 0 Å². The van der Waals surface area contributed by atoms with Crippen molar-refractivity contribution in [3.05, 3.63) is 22.9 Å². The Bertz CT molecular complexity index is 438. The first-order chi connectivity index (χ1) is 9.26. The molecule has 1 aromatic heterocycles. The molecule has 2 fully saturated rings. The summed E-state index contributed by atoms with van der Waals surface area (Å²) in [6.07, 6.45) is 5.28. The lowest BCUT2D eigenvalue weighted by Crippen LogP contribution is -2.38. The predicted octanol–water partition coefficient (Wildman–Crippen LogP) is 2.18. The topological polar surface area (TPSA) is 52.6 Å². The standard InChI is InChI=1S/C13H17BrN2O3/c14-10-5-11(7-15-6-10)16-8-12-9-18-13(19-12)1-3-17-4-2-13/h5-7,12,16H,1-4,8-9H2. The van der Waals surface area contributed by atoms with E-state index in [9.17, 15) is 0 Å². The molecule has 1 atom stereocenters. The van der Waals surface area contributed by atoms with Crippen LogP contribution in [-0.2, 0) is 14.2 Å². The van der Waals surface area contributed by atoms with Gasteiger partial charge in [0, 0.05) is 30.1 Å². The van der Waals surface area contributed by atoms with E-state index in [0.29, 0.717) is 6.61 Å². The monoisotopic (exact) mass is 328 g/mol. The van der Waals surface area contributed by atoms with E-state index in [1.54, 1.807) is 12.4 Å². The Kier molecular flexibility index (Phi) is 4.02. The van der Waals surface area contributed by atoms with Crippen LogP contribution in [0.25, 0.3) is 0 Å². The molecule has 5 nitrogen and oxygen atoms in total. The van der Waals surface area contributed by atoms with Crippen molar-refractivity contribution in [1.82, 2.24) is 4.98 Å². The number of aromatic nitrogens is 1. The van der Waals surface area contributed by atoms with E-state index in [1.807, 2.05) is 6.07 Å². The molecule has 0 amide bonds. The molecular formula is C13H17BrN2O3. The normalized spacial score (nSPS) is 25.6. The highest BCUT2D eigenvalue weighted by Crippen LogP contribution is 2.33. The average molecular weight is 329 g/mol. The van der Waals surface area contributed by atoms with Gasteiger partial charge in [-0.3, -0.25) is 4.98 Å². The van der Waals surface area contributed by atoms with Crippen molar-refractivity contribution in [1.29, 1.82) is 0 Å². The molecular weight excluding hydrogens is 312 g/mol. The lowest BCUT2D eigenvalue weighted by Gasteiger charge is -2.31. The molecule has 0 aliphatic carbocycles. The zero-order valence-electron chi connectivity index (χ0n) is 10.6. The number of pyridine rings is 1. The average Bonchev–Trinajstić information content (AvgIpc) is 2.80. The van der Waals surface area contributed by atoms with Gasteiger partial charge in [0.2, 0.25) is 0 Å². The minimum atomic E-state index is -0.403. The molecule has 1 unspecified atom stereocenters. The smallest absolute Gasteiger partial charge is 0.173 e. The van der Waals surface area contributed by atoms with Crippen molar-refractivity contribution in [2.75, 3.05) is 31.7 Å². The van der Waals surface area contributed by atoms with Crippen molar-refractivity contribution in [2.45, 2.75) is 24.7 Å². The van der Waals surface area contributed by atoms with Crippen molar-refractivity contribution in [3.63, 3.8) is 0 Å². The molecule has 0 saturated carbocycles. The molecule has 3 rings (SSSR count). The summed E-state index contributed by atoms with van der Waals surface area (Å²) in [6, 6.07) is 1.99. The van der Waals surface area contributed by atoms with Gasteiger partial charge in [-0.2, -0.15) is 0 Å². The second-order valence-corrected chi connectivity index (χ2v) is 5.76. The quantitative estimate of drug-likeness (QED) is 0.921. The molecule has 1 aromatic rings. The van der Waals surface area contributed by atoms with Crippen LogP contribution < -0.4 is 5.32 Å². The van der Waals surface area contributed by atoms with E-state index in [1.165, 1.54) is 0 Å². The number of anilines is 1. The summed E-state index contributed by atoms with van der Waals surface area (Å²) in [5, 5.41) is 3.32. The minimum absolute atomic E-state index is 0.0806. The third-order valence-electron chi connectivity index (χ3n) is 3.41. The van der Waals surface area contributed by atoms with Gasteiger partial charge in [0.1, 0.15) is 6.10 Å². The first-order valence-corrected chi connectivity index (χ1v) is 7.29. The summed E-state index contributed by atoms with van der Waals surface area (Å²) in [7, 11) is 0. The highest BCUT2D eigenvalue weighted by molar-refractivity contribution is 9.10. The first-order valence-electron chi connectivity index (χ1n) is 6.50. The first kappa shape index (κ1) is 13.3. The van der Waals surface area contributed by atoms with E-state index in [-0.39, 0.29) is 6.10 Å². The van der Waals surface area contributed by atoms with Crippen LogP contribution in [0.2, 0.25) is 0 Å². The second kappa shape index (κ2) is 5.75. The number of nitrogens with zero attached hydrogens (tertiary/aromatic N) is 1. The third kappa shape index (κ3) is 3.25. The van der Waals surface area contributed by atoms with Gasteiger partial charge in [-0.15, -0.1) is 0 Å². The van der Waals surface area contributed by atoms with Gasteiger partial charge < -0.3 is 19.5 Å². The molecule has 1 spiro atoms. The van der Waals surface area contributed by atoms with Crippen LogP contribution in [0, 0.1) is 0 Å². The molecule has 0 radical (unpaired) electrons. The fourth-order valence-corrected chi connectivity index (χ4v) is 2.77. The van der Waals surface area contributed by atoms with Crippen LogP contribution in [0.4, 0.5) is 5.69 Å². The predicted molar refractivity (Wildman–Crippen MR) is 74.0 cm³/mol. The summed E-state index contributed by atoms with van der Waals surface area (Å²) < 4.78 is 18.2. The van der Waals surface area contributed by atoms with Gasteiger partial charge in [-0.05, 0) is 22.0 Å². The van der Waals surface area contributed by atoms with E-state index in [4.69, 9.17) is 14.2 Å². The van der Waals surface area contributed by atoms with E-state index < -0.39 is 5.79 Å². The van der Waals surface area contributed by atoms with Gasteiger partial charge in [0.25, 0.3) is 0 Å². The highest BCUT2D eigenvalue weighted by Gasteiger charge is 2.42. The number of nitrogens with one attached hydrogen (secondary N) is 1. The molecule has 0 bridgehead atoms. The van der Waals surface area contributed by atoms with Crippen LogP contribution in [0.5, 0.6) is 0 Å². The molecule has 2 aliphatic rings. The lowest BCUT2D eigenvalue weighted by atomic mass is 10.1. The Labute approximate surface area is 120 Å². The number of ether oxygens (including phenoxy) is 3. The number of rotatable bonds is 3. The zero-order valence-corrected chi connectivity index (χ0v) is 12.2. The molecule has 3 heterocycles. The summed E-state index contributed by atoms with van der Waals surface area (Å²) in [5.41, 5.74) is 0.978. The van der Waals surface area contributed by atoms with Gasteiger partial charge in [0.05, 0.1) is 31.7 Å². The highest BCUT2D eigenvalue weighted by atomic mass is 79.9. The van der Waals surface area contributed by atoms with Crippen LogP contribution >= 0.6 is 15.9 Å². The van der Waals surface area contributed by atoms with Crippen LogP contribution in [-0.4, -0.2) is 43.2 Å². The molecule has 2 saturated heterocycles. The molecule has 6 heteroatoms. The maximum absolute atomic E-state index is 6.04. The Balaban J connectivity index is 1.52. The largest absolute Gasteiger partial charge is 0.381 e. The number of hydrogen-bond donors (Lipinski definition) is 1. The maximum atomic E-state index is 6.04. The fourth-order valence-electron chi connectivity index (χ4n) is 2.40. The fraction of sp³-hybridized carbons (Fsp3) is 0.615. The van der Waals surface area contributed by atoms with Gasteiger partial charge in [-0.25, -0.2) is 0 Å². The molecule has 19 heavy (non-hydrogen) atoms. The van der Waals surface area contributed by atoms with Crippen LogP contribution in [0.1, 0.15) is 12.8 Å². The lowest BCUT2D eigenvalue weighted by molar-refractivity contribution is -0.209. The van der Waals surface area contributed by atoms with Crippen molar-refractivity contribution in [2.24, 2.45) is 0 Å². The zero-order chi connectivity index (χ0) is 13.1. The second-order valence-electron chi connectivity index (χ2n) is 4.85. The van der Waals surface area contributed by atoms with Crippen LogP contribution in [0.15, 0.2) is 22.9 Å². The molecule has 1 N–H and O–H groups in total. The minimum Gasteiger partial charge on any atom is -0.381 e. The number of hydrogen-bond acceptors (Lipinski definition) is 5.